The van der Waals surface area contributed by atoms with Gasteiger partial charge < -0.3 is 10.2 Å². The number of unbranched alkanes of at least 4 members (excludes halogenated alkanes) is 12. The summed E-state index contributed by atoms with van der Waals surface area (Å²) in [5, 5.41) is 3.15. The van der Waals surface area contributed by atoms with E-state index in [1.54, 1.807) is 0 Å². The number of nitrogens with one attached hydrogen (secondary N) is 1. The Bertz CT molecular complexity index is 489. The first kappa shape index (κ1) is 25.2. The van der Waals surface area contributed by atoms with Crippen molar-refractivity contribution in [2.75, 3.05) is 6.54 Å². The van der Waals surface area contributed by atoms with Crippen molar-refractivity contribution >= 4 is 17.9 Å². The molecule has 0 radical (unpaired) electrons. The molecule has 0 aromatic heterocycles. The zero-order valence-corrected chi connectivity index (χ0v) is 18.3. The topological polar surface area (TPSA) is 75.7 Å². The normalized spacial score (nSPS) is 14.2. The number of hydroxylamine groups is 2. The van der Waals surface area contributed by atoms with Crippen molar-refractivity contribution in [1.29, 1.82) is 0 Å². The molecule has 0 atom stereocenters. The third kappa shape index (κ3) is 13.1. The molecule has 0 aliphatic carbocycles. The van der Waals surface area contributed by atoms with E-state index in [2.05, 4.69) is 24.4 Å². The third-order valence-corrected chi connectivity index (χ3v) is 5.14. The molecule has 166 valence electrons. The highest BCUT2D eigenvalue weighted by molar-refractivity contribution is 6.01. The molecule has 1 aliphatic rings. The Morgan fingerprint density at radius 2 is 1.31 bits per heavy atom. The summed E-state index contributed by atoms with van der Waals surface area (Å²) in [7, 11) is 0. The highest BCUT2D eigenvalue weighted by atomic mass is 16.7. The van der Waals surface area contributed by atoms with Gasteiger partial charge in [-0.05, 0) is 32.1 Å². The first-order valence-corrected chi connectivity index (χ1v) is 11.6. The van der Waals surface area contributed by atoms with Crippen LogP contribution in [0.2, 0.25) is 0 Å². The van der Waals surface area contributed by atoms with Crippen LogP contribution in [-0.2, 0) is 14.4 Å². The molecule has 0 saturated carbocycles. The fourth-order valence-electron chi connectivity index (χ4n) is 3.34. The zero-order valence-electron chi connectivity index (χ0n) is 18.3. The van der Waals surface area contributed by atoms with E-state index in [0.29, 0.717) is 11.6 Å². The van der Waals surface area contributed by atoms with Crippen molar-refractivity contribution in [2.45, 2.75) is 110 Å². The van der Waals surface area contributed by atoms with E-state index >= 15 is 0 Å². The molecule has 0 unspecified atom stereocenters. The predicted octanol–water partition coefficient (Wildman–Crippen LogP) is 5.81. The summed E-state index contributed by atoms with van der Waals surface area (Å²) >= 11 is 0. The highest BCUT2D eigenvalue weighted by Gasteiger charge is 2.32. The van der Waals surface area contributed by atoms with E-state index in [9.17, 15) is 14.4 Å². The summed E-state index contributed by atoms with van der Waals surface area (Å²) in [6, 6.07) is 0. The fraction of sp³-hybridized carbons (Fsp3) is 0.783. The van der Waals surface area contributed by atoms with Crippen molar-refractivity contribution in [2.24, 2.45) is 0 Å². The van der Waals surface area contributed by atoms with Gasteiger partial charge in [0.2, 0.25) is 0 Å². The van der Waals surface area contributed by atoms with Crippen molar-refractivity contribution in [3.63, 3.8) is 0 Å². The summed E-state index contributed by atoms with van der Waals surface area (Å²) < 4.78 is 0. The Balaban J connectivity index is 1.82. The first-order chi connectivity index (χ1) is 14.1. The molecule has 29 heavy (non-hydrogen) atoms. The van der Waals surface area contributed by atoms with Gasteiger partial charge >= 0.3 is 6.09 Å². The van der Waals surface area contributed by atoms with Crippen LogP contribution in [0, 0.1) is 0 Å². The summed E-state index contributed by atoms with van der Waals surface area (Å²) in [5.74, 6) is -0.912. The minimum atomic E-state index is -0.735. The smallest absolute Gasteiger partial charge is 0.320 e. The van der Waals surface area contributed by atoms with Crippen LogP contribution in [0.1, 0.15) is 110 Å². The fourth-order valence-corrected chi connectivity index (χ4v) is 3.34. The van der Waals surface area contributed by atoms with Gasteiger partial charge in [0.15, 0.2) is 0 Å². The molecule has 6 heteroatoms. The summed E-state index contributed by atoms with van der Waals surface area (Å²) in [6.45, 7) is 2.75. The Morgan fingerprint density at radius 1 is 0.828 bits per heavy atom. The van der Waals surface area contributed by atoms with Crippen LogP contribution in [-0.4, -0.2) is 29.5 Å². The van der Waals surface area contributed by atoms with Crippen molar-refractivity contribution in [1.82, 2.24) is 10.4 Å². The van der Waals surface area contributed by atoms with E-state index < -0.39 is 17.9 Å². The van der Waals surface area contributed by atoms with E-state index in [-0.39, 0.29) is 12.8 Å². The number of rotatable bonds is 17. The van der Waals surface area contributed by atoms with Crippen LogP contribution >= 0.6 is 0 Å². The number of amides is 3. The number of allylic oxidation sites excluding steroid dienone is 2. The molecule has 0 spiro atoms. The van der Waals surface area contributed by atoms with E-state index in [0.717, 1.165) is 19.3 Å². The van der Waals surface area contributed by atoms with Crippen molar-refractivity contribution in [3.05, 3.63) is 12.2 Å². The molecule has 0 aromatic rings. The minimum absolute atomic E-state index is 0.112. The number of carbonyl (C=O) groups excluding carboxylic acids is 3. The van der Waals surface area contributed by atoms with Gasteiger partial charge in [0.1, 0.15) is 0 Å². The predicted molar refractivity (Wildman–Crippen MR) is 115 cm³/mol. The molecule has 6 nitrogen and oxygen atoms in total. The van der Waals surface area contributed by atoms with E-state index in [1.807, 2.05) is 0 Å². The molecule has 1 N–H and O–H groups in total. The second-order valence-electron chi connectivity index (χ2n) is 7.83. The molecule has 1 rings (SSSR count). The molecule has 3 amide bonds. The molecule has 1 aliphatic heterocycles. The number of carbonyl (C=O) groups is 3. The Hall–Kier alpha value is -1.85. The maximum Gasteiger partial charge on any atom is 0.432 e. The number of imide groups is 1. The average Bonchev–Trinajstić information content (AvgIpc) is 3.02. The van der Waals surface area contributed by atoms with Gasteiger partial charge in [-0.1, -0.05) is 76.9 Å². The number of hydrogen-bond acceptors (Lipinski definition) is 4. The van der Waals surface area contributed by atoms with Gasteiger partial charge in [-0.15, -0.1) is 5.06 Å². The molecule has 0 aromatic carbocycles. The first-order valence-electron chi connectivity index (χ1n) is 11.6. The van der Waals surface area contributed by atoms with Crippen molar-refractivity contribution in [3.8, 4) is 0 Å². The Morgan fingerprint density at radius 3 is 1.86 bits per heavy atom. The van der Waals surface area contributed by atoms with Gasteiger partial charge in [-0.3, -0.25) is 9.59 Å². The molecular weight excluding hydrogens is 368 g/mol. The summed E-state index contributed by atoms with van der Waals surface area (Å²) in [5.41, 5.74) is 0. The lowest BCUT2D eigenvalue weighted by Gasteiger charge is -2.13. The van der Waals surface area contributed by atoms with Gasteiger partial charge in [0.05, 0.1) is 0 Å². The lowest BCUT2D eigenvalue weighted by molar-refractivity contribution is -0.171. The molecule has 1 heterocycles. The maximum absolute atomic E-state index is 11.6. The SMILES string of the molecule is CCCCCCCC/C=C\CCCCCCCCNC(=O)ON1C(=O)CCC1=O. The molecule has 0 bridgehead atoms. The van der Waals surface area contributed by atoms with Crippen LogP contribution in [0.3, 0.4) is 0 Å². The standard InChI is InChI=1S/C23H40N2O4/c1-2-3-4-5-6-7-8-9-10-11-12-13-14-15-16-17-20-24-23(28)29-25-21(26)18-19-22(25)27/h9-10H,2-8,11-20H2,1H3,(H,24,28)/b10-9-. The van der Waals surface area contributed by atoms with Gasteiger partial charge in [-0.2, -0.15) is 0 Å². The zero-order chi connectivity index (χ0) is 21.2. The maximum atomic E-state index is 11.6. The van der Waals surface area contributed by atoms with E-state index in [4.69, 9.17) is 4.84 Å². The third-order valence-electron chi connectivity index (χ3n) is 5.14. The van der Waals surface area contributed by atoms with E-state index in [1.165, 1.54) is 70.6 Å². The minimum Gasteiger partial charge on any atom is -0.320 e. The number of nitrogens with zero attached hydrogens (tertiary/aromatic N) is 1. The lowest BCUT2D eigenvalue weighted by atomic mass is 10.1. The van der Waals surface area contributed by atoms with Crippen LogP contribution in [0.5, 0.6) is 0 Å². The quantitative estimate of drug-likeness (QED) is 0.187. The van der Waals surface area contributed by atoms with Crippen LogP contribution in [0.25, 0.3) is 0 Å². The Kier molecular flexibility index (Phi) is 14.8. The summed E-state index contributed by atoms with van der Waals surface area (Å²) in [6.07, 6.45) is 21.5. The van der Waals surface area contributed by atoms with Gasteiger partial charge in [0.25, 0.3) is 11.8 Å². The second-order valence-corrected chi connectivity index (χ2v) is 7.83. The van der Waals surface area contributed by atoms with Crippen LogP contribution in [0.4, 0.5) is 4.79 Å². The highest BCUT2D eigenvalue weighted by Crippen LogP contribution is 2.12. The van der Waals surface area contributed by atoms with Crippen LogP contribution < -0.4 is 5.32 Å². The monoisotopic (exact) mass is 408 g/mol. The second kappa shape index (κ2) is 17.0. The molecular formula is C23H40N2O4. The lowest BCUT2D eigenvalue weighted by Crippen LogP contribution is -2.37. The Labute approximate surface area is 176 Å². The largest absolute Gasteiger partial charge is 0.432 e. The summed E-state index contributed by atoms with van der Waals surface area (Å²) in [4.78, 5) is 39.0. The van der Waals surface area contributed by atoms with Crippen molar-refractivity contribution < 1.29 is 19.2 Å². The molecule has 1 fully saturated rings. The average molecular weight is 409 g/mol. The number of hydrogen-bond donors (Lipinski definition) is 1. The van der Waals surface area contributed by atoms with Crippen LogP contribution in [0.15, 0.2) is 12.2 Å². The molecule has 1 saturated heterocycles. The van der Waals surface area contributed by atoms with Gasteiger partial charge in [-0.25, -0.2) is 4.79 Å². The van der Waals surface area contributed by atoms with Gasteiger partial charge in [0, 0.05) is 19.4 Å².